The molecule has 0 heterocycles. The molecule has 4 nitrogen and oxygen atoms in total. The summed E-state index contributed by atoms with van der Waals surface area (Å²) in [4.78, 5) is 22.2. The van der Waals surface area contributed by atoms with Gasteiger partial charge in [0.05, 0.1) is 0 Å². The van der Waals surface area contributed by atoms with Crippen molar-refractivity contribution >= 4 is 11.9 Å². The molecule has 0 fully saturated rings. The van der Waals surface area contributed by atoms with Crippen LogP contribution in [0.3, 0.4) is 0 Å². The van der Waals surface area contributed by atoms with Crippen LogP contribution in [-0.2, 0) is 15.0 Å². The van der Waals surface area contributed by atoms with Gasteiger partial charge in [-0.15, -0.1) is 0 Å². The molecule has 10 heteroatoms. The van der Waals surface area contributed by atoms with Crippen molar-refractivity contribution in [3.8, 4) is 0 Å². The van der Waals surface area contributed by atoms with Gasteiger partial charge in [0.1, 0.15) is 0 Å². The van der Waals surface area contributed by atoms with Gasteiger partial charge in [-0.25, -0.2) is 4.39 Å². The van der Waals surface area contributed by atoms with Gasteiger partial charge in [0.2, 0.25) is 0 Å². The summed E-state index contributed by atoms with van der Waals surface area (Å²) in [6.45, 7) is -1.15. The lowest BCUT2D eigenvalue weighted by molar-refractivity contribution is -0.286. The standard InChI is InChI=1S/C11H12O4.C3H2F6/c1-2-11(9(12)13,10(14)15)8-6-4-3-5-7-8;4-1-2(5,6)3(7,8)9/h3-7H,2H2,1H3,(H,12,13)(H,14,15);1H2. The van der Waals surface area contributed by atoms with Crippen molar-refractivity contribution in [1.82, 2.24) is 0 Å². The summed E-state index contributed by atoms with van der Waals surface area (Å²) in [5.41, 5.74) is -1.53. The quantitative estimate of drug-likeness (QED) is 0.621. The highest BCUT2D eigenvalue weighted by Crippen LogP contribution is 2.35. The van der Waals surface area contributed by atoms with Crippen LogP contribution in [-0.4, -0.2) is 40.9 Å². The second kappa shape index (κ2) is 8.02. The molecule has 0 aliphatic heterocycles. The monoisotopic (exact) mass is 360 g/mol. The van der Waals surface area contributed by atoms with E-state index in [4.69, 9.17) is 10.2 Å². The van der Waals surface area contributed by atoms with Gasteiger partial charge in [-0.05, 0) is 12.0 Å². The molecule has 0 aliphatic rings. The van der Waals surface area contributed by atoms with Crippen LogP contribution in [0.2, 0.25) is 0 Å². The van der Waals surface area contributed by atoms with Crippen LogP contribution in [0.25, 0.3) is 0 Å². The van der Waals surface area contributed by atoms with Crippen LogP contribution in [0, 0.1) is 0 Å². The maximum absolute atomic E-state index is 11.2. The Balaban J connectivity index is 0.000000506. The Morgan fingerprint density at radius 3 is 1.58 bits per heavy atom. The molecule has 0 aliphatic carbocycles. The van der Waals surface area contributed by atoms with Crippen molar-refractivity contribution in [2.45, 2.75) is 30.9 Å². The number of carbonyl (C=O) groups is 2. The summed E-state index contributed by atoms with van der Waals surface area (Å²) in [7, 11) is 0. The Kier molecular flexibility index (Phi) is 7.27. The van der Waals surface area contributed by atoms with Crippen LogP contribution in [0.15, 0.2) is 30.3 Å². The topological polar surface area (TPSA) is 74.6 Å². The van der Waals surface area contributed by atoms with Gasteiger partial charge in [0, 0.05) is 0 Å². The molecule has 0 saturated carbocycles. The zero-order chi connectivity index (χ0) is 19.2. The van der Waals surface area contributed by atoms with Crippen LogP contribution < -0.4 is 0 Å². The van der Waals surface area contributed by atoms with E-state index < -0.39 is 36.1 Å². The Labute approximate surface area is 132 Å². The molecule has 0 spiro atoms. The van der Waals surface area contributed by atoms with E-state index in [-0.39, 0.29) is 6.42 Å². The first-order valence-electron chi connectivity index (χ1n) is 6.39. The van der Waals surface area contributed by atoms with E-state index in [1.54, 1.807) is 25.1 Å². The molecule has 0 unspecified atom stereocenters. The predicted molar refractivity (Wildman–Crippen MR) is 70.7 cm³/mol. The van der Waals surface area contributed by atoms with Gasteiger partial charge in [-0.3, -0.25) is 9.59 Å². The molecule has 136 valence electrons. The molecule has 1 aromatic rings. The van der Waals surface area contributed by atoms with E-state index in [9.17, 15) is 35.9 Å². The fraction of sp³-hybridized carbons (Fsp3) is 0.429. The molecule has 0 amide bonds. The van der Waals surface area contributed by atoms with E-state index in [2.05, 4.69) is 0 Å². The van der Waals surface area contributed by atoms with Crippen molar-refractivity contribution in [2.24, 2.45) is 0 Å². The minimum absolute atomic E-state index is 0.0156. The van der Waals surface area contributed by atoms with Crippen LogP contribution in [0.4, 0.5) is 26.3 Å². The number of hydrogen-bond acceptors (Lipinski definition) is 2. The average Bonchev–Trinajstić information content (AvgIpc) is 2.48. The fourth-order valence-electron chi connectivity index (χ4n) is 1.64. The van der Waals surface area contributed by atoms with Gasteiger partial charge in [0.15, 0.2) is 12.1 Å². The Morgan fingerprint density at radius 1 is 0.958 bits per heavy atom. The number of aliphatic carboxylic acids is 2. The van der Waals surface area contributed by atoms with Gasteiger partial charge >= 0.3 is 24.0 Å². The maximum Gasteiger partial charge on any atom is 0.456 e. The molecule has 1 aromatic carbocycles. The number of carboxylic acid groups (broad SMARTS) is 2. The average molecular weight is 360 g/mol. The number of benzene rings is 1. The summed E-state index contributed by atoms with van der Waals surface area (Å²) in [6, 6.07) is 8.02. The Morgan fingerprint density at radius 2 is 1.38 bits per heavy atom. The highest BCUT2D eigenvalue weighted by Gasteiger charge is 2.57. The highest BCUT2D eigenvalue weighted by atomic mass is 19.4. The van der Waals surface area contributed by atoms with E-state index in [0.717, 1.165) is 0 Å². The molecule has 2 N–H and O–H groups in total. The van der Waals surface area contributed by atoms with Gasteiger partial charge in [-0.1, -0.05) is 37.3 Å². The van der Waals surface area contributed by atoms with Gasteiger partial charge in [0.25, 0.3) is 0 Å². The molecular formula is C14H14F6O4. The molecule has 24 heavy (non-hydrogen) atoms. The summed E-state index contributed by atoms with van der Waals surface area (Å²) in [6.07, 6.45) is -5.75. The van der Waals surface area contributed by atoms with Crippen LogP contribution in [0.5, 0.6) is 0 Å². The highest BCUT2D eigenvalue weighted by molar-refractivity contribution is 6.04. The van der Waals surface area contributed by atoms with Crippen molar-refractivity contribution in [2.75, 3.05) is 6.67 Å². The SMILES string of the molecule is CCC(C(=O)O)(C(=O)O)c1ccccc1.FCC(F)(F)C(F)(F)F. The zero-order valence-electron chi connectivity index (χ0n) is 12.3. The Hall–Kier alpha value is -2.26. The first-order chi connectivity index (χ1) is 10.9. The number of rotatable bonds is 5. The van der Waals surface area contributed by atoms with E-state index in [1.165, 1.54) is 12.1 Å². The molecule has 1 rings (SSSR count). The molecule has 0 atom stereocenters. The maximum atomic E-state index is 11.2. The molecule has 0 bridgehead atoms. The predicted octanol–water partition coefficient (Wildman–Crippen LogP) is 3.66. The minimum atomic E-state index is -5.76. The van der Waals surface area contributed by atoms with E-state index in [0.29, 0.717) is 5.56 Å². The van der Waals surface area contributed by atoms with Gasteiger partial charge in [-0.2, -0.15) is 22.0 Å². The fourth-order valence-corrected chi connectivity index (χ4v) is 1.64. The largest absolute Gasteiger partial charge is 0.480 e. The number of halogens is 6. The smallest absolute Gasteiger partial charge is 0.456 e. The first kappa shape index (κ1) is 21.7. The van der Waals surface area contributed by atoms with Crippen molar-refractivity contribution < 1.29 is 46.1 Å². The minimum Gasteiger partial charge on any atom is -0.480 e. The van der Waals surface area contributed by atoms with Gasteiger partial charge < -0.3 is 10.2 Å². The number of hydrogen-bond donors (Lipinski definition) is 2. The summed E-state index contributed by atoms with van der Waals surface area (Å²) in [5.74, 6) is -7.85. The lowest BCUT2D eigenvalue weighted by Crippen LogP contribution is -2.43. The lowest BCUT2D eigenvalue weighted by Gasteiger charge is -2.23. The third-order valence-corrected chi connectivity index (χ3v) is 3.11. The third kappa shape index (κ3) is 4.62. The number of carboxylic acids is 2. The lowest BCUT2D eigenvalue weighted by atomic mass is 9.78. The molecule has 0 radical (unpaired) electrons. The van der Waals surface area contributed by atoms with E-state index in [1.807, 2.05) is 0 Å². The Bertz CT molecular complexity index is 542. The normalized spacial score (nSPS) is 12.1. The second-order valence-corrected chi connectivity index (χ2v) is 4.57. The second-order valence-electron chi connectivity index (χ2n) is 4.57. The number of alkyl halides is 6. The van der Waals surface area contributed by atoms with E-state index >= 15 is 0 Å². The molecule has 0 aromatic heterocycles. The first-order valence-corrected chi connectivity index (χ1v) is 6.39. The van der Waals surface area contributed by atoms with Crippen LogP contribution >= 0.6 is 0 Å². The zero-order valence-corrected chi connectivity index (χ0v) is 12.3. The van der Waals surface area contributed by atoms with Crippen molar-refractivity contribution in [1.29, 1.82) is 0 Å². The molecular weight excluding hydrogens is 346 g/mol. The summed E-state index contributed by atoms with van der Waals surface area (Å²) >= 11 is 0. The van der Waals surface area contributed by atoms with Crippen molar-refractivity contribution in [3.05, 3.63) is 35.9 Å². The summed E-state index contributed by atoms with van der Waals surface area (Å²) in [5, 5.41) is 18.1. The van der Waals surface area contributed by atoms with Crippen LogP contribution in [0.1, 0.15) is 18.9 Å². The third-order valence-electron chi connectivity index (χ3n) is 3.11. The summed E-state index contributed by atoms with van der Waals surface area (Å²) < 4.78 is 65.6. The molecule has 0 saturated heterocycles. The van der Waals surface area contributed by atoms with Crippen molar-refractivity contribution in [3.63, 3.8) is 0 Å².